The number of hydrogen-bond donors (Lipinski definition) is 1. The minimum atomic E-state index is 0.260. The summed E-state index contributed by atoms with van der Waals surface area (Å²) in [5.74, 6) is 0.539. The maximum atomic E-state index is 11.5. The number of carbonyl (C=O) groups excluding carboxylic acids is 1. The molecule has 0 aromatic carbocycles. The second kappa shape index (κ2) is 3.05. The van der Waals surface area contributed by atoms with Crippen LogP contribution in [0.4, 0.5) is 0 Å². The topological polar surface area (TPSA) is 32.3 Å². The van der Waals surface area contributed by atoms with Crippen LogP contribution in [0.1, 0.15) is 19.3 Å². The van der Waals surface area contributed by atoms with Gasteiger partial charge in [0.1, 0.15) is 0 Å². The van der Waals surface area contributed by atoms with Crippen LogP contribution in [-0.4, -0.2) is 37.0 Å². The Morgan fingerprint density at radius 2 is 2.17 bits per heavy atom. The second-order valence-corrected chi connectivity index (χ2v) is 4.03. The van der Waals surface area contributed by atoms with Gasteiger partial charge in [0, 0.05) is 12.6 Å². The molecule has 1 saturated heterocycles. The number of carbonyl (C=O) groups is 1. The van der Waals surface area contributed by atoms with Crippen molar-refractivity contribution < 1.29 is 4.79 Å². The van der Waals surface area contributed by atoms with Gasteiger partial charge >= 0.3 is 0 Å². The SMILES string of the molecule is CN1CC[C@H](C(=O)NC2CC2)C1. The van der Waals surface area contributed by atoms with Crippen LogP contribution in [0.2, 0.25) is 0 Å². The van der Waals surface area contributed by atoms with Crippen LogP contribution in [0.15, 0.2) is 0 Å². The summed E-state index contributed by atoms with van der Waals surface area (Å²) >= 11 is 0. The molecule has 1 heterocycles. The first-order valence-corrected chi connectivity index (χ1v) is 4.74. The summed E-state index contributed by atoms with van der Waals surface area (Å²) in [7, 11) is 2.07. The molecule has 0 aromatic rings. The molecule has 68 valence electrons. The smallest absolute Gasteiger partial charge is 0.224 e. The Bertz CT molecular complexity index is 189. The van der Waals surface area contributed by atoms with E-state index in [0.29, 0.717) is 6.04 Å². The van der Waals surface area contributed by atoms with Crippen molar-refractivity contribution in [1.82, 2.24) is 10.2 Å². The van der Waals surface area contributed by atoms with Crippen LogP contribution in [0.25, 0.3) is 0 Å². The van der Waals surface area contributed by atoms with Crippen molar-refractivity contribution in [3.8, 4) is 0 Å². The zero-order valence-corrected chi connectivity index (χ0v) is 7.55. The van der Waals surface area contributed by atoms with Crippen LogP contribution in [-0.2, 0) is 4.79 Å². The fourth-order valence-corrected chi connectivity index (χ4v) is 1.70. The predicted molar refractivity (Wildman–Crippen MR) is 46.8 cm³/mol. The largest absolute Gasteiger partial charge is 0.353 e. The van der Waals surface area contributed by atoms with E-state index in [0.717, 1.165) is 19.5 Å². The van der Waals surface area contributed by atoms with Crippen molar-refractivity contribution in [2.45, 2.75) is 25.3 Å². The predicted octanol–water partition coefficient (Wildman–Crippen LogP) is 0.217. The van der Waals surface area contributed by atoms with Gasteiger partial charge in [0.15, 0.2) is 0 Å². The fraction of sp³-hybridized carbons (Fsp3) is 0.889. The van der Waals surface area contributed by atoms with Gasteiger partial charge in [-0.1, -0.05) is 0 Å². The molecule has 2 fully saturated rings. The average molecular weight is 168 g/mol. The van der Waals surface area contributed by atoms with Crippen LogP contribution >= 0.6 is 0 Å². The zero-order valence-electron chi connectivity index (χ0n) is 7.55. The van der Waals surface area contributed by atoms with E-state index in [9.17, 15) is 4.79 Å². The Morgan fingerprint density at radius 1 is 1.42 bits per heavy atom. The van der Waals surface area contributed by atoms with Crippen LogP contribution < -0.4 is 5.32 Å². The molecular weight excluding hydrogens is 152 g/mol. The summed E-state index contributed by atoms with van der Waals surface area (Å²) in [5.41, 5.74) is 0. The molecular formula is C9H16N2O. The highest BCUT2D eigenvalue weighted by atomic mass is 16.2. The average Bonchev–Trinajstić information content (AvgIpc) is 2.72. The van der Waals surface area contributed by atoms with Gasteiger partial charge in [0.2, 0.25) is 5.91 Å². The molecule has 1 saturated carbocycles. The molecule has 12 heavy (non-hydrogen) atoms. The quantitative estimate of drug-likeness (QED) is 0.639. The van der Waals surface area contributed by atoms with Crippen molar-refractivity contribution in [3.63, 3.8) is 0 Å². The van der Waals surface area contributed by atoms with Crippen molar-refractivity contribution in [3.05, 3.63) is 0 Å². The first-order chi connectivity index (χ1) is 5.75. The Labute approximate surface area is 73.1 Å². The van der Waals surface area contributed by atoms with Crippen molar-refractivity contribution in [2.75, 3.05) is 20.1 Å². The Hall–Kier alpha value is -0.570. The molecule has 2 rings (SSSR count). The Morgan fingerprint density at radius 3 is 2.67 bits per heavy atom. The highest BCUT2D eigenvalue weighted by Gasteiger charge is 2.30. The number of nitrogens with zero attached hydrogens (tertiary/aromatic N) is 1. The van der Waals surface area contributed by atoms with Gasteiger partial charge in [0.05, 0.1) is 5.92 Å². The van der Waals surface area contributed by atoms with Gasteiger partial charge in [-0.05, 0) is 32.9 Å². The molecule has 0 bridgehead atoms. The Kier molecular flexibility index (Phi) is 2.05. The molecule has 3 heteroatoms. The van der Waals surface area contributed by atoms with Crippen molar-refractivity contribution >= 4 is 5.91 Å². The molecule has 1 amide bonds. The van der Waals surface area contributed by atoms with Gasteiger partial charge in [-0.2, -0.15) is 0 Å². The lowest BCUT2D eigenvalue weighted by Gasteiger charge is -2.10. The fourth-order valence-electron chi connectivity index (χ4n) is 1.70. The van der Waals surface area contributed by atoms with Crippen LogP contribution in [0.3, 0.4) is 0 Å². The minimum Gasteiger partial charge on any atom is -0.353 e. The molecule has 0 spiro atoms. The lowest BCUT2D eigenvalue weighted by molar-refractivity contribution is -0.124. The monoisotopic (exact) mass is 168 g/mol. The van der Waals surface area contributed by atoms with E-state index in [1.807, 2.05) is 0 Å². The highest BCUT2D eigenvalue weighted by molar-refractivity contribution is 5.79. The van der Waals surface area contributed by atoms with Crippen LogP contribution in [0, 0.1) is 5.92 Å². The first kappa shape index (κ1) is 8.05. The van der Waals surface area contributed by atoms with E-state index in [4.69, 9.17) is 0 Å². The summed E-state index contributed by atoms with van der Waals surface area (Å²) in [6, 6.07) is 0.517. The van der Waals surface area contributed by atoms with Crippen molar-refractivity contribution in [2.24, 2.45) is 5.92 Å². The molecule has 0 aromatic heterocycles. The van der Waals surface area contributed by atoms with Gasteiger partial charge in [-0.3, -0.25) is 4.79 Å². The first-order valence-electron chi connectivity index (χ1n) is 4.74. The highest BCUT2D eigenvalue weighted by Crippen LogP contribution is 2.21. The van der Waals surface area contributed by atoms with Gasteiger partial charge in [-0.25, -0.2) is 0 Å². The molecule has 3 nitrogen and oxygen atoms in total. The van der Waals surface area contributed by atoms with E-state index < -0.39 is 0 Å². The number of nitrogens with one attached hydrogen (secondary N) is 1. The molecule has 1 atom stereocenters. The summed E-state index contributed by atoms with van der Waals surface area (Å²) < 4.78 is 0. The minimum absolute atomic E-state index is 0.260. The van der Waals surface area contributed by atoms with Crippen molar-refractivity contribution in [1.29, 1.82) is 0 Å². The zero-order chi connectivity index (χ0) is 8.55. The summed E-state index contributed by atoms with van der Waals surface area (Å²) in [4.78, 5) is 13.7. The normalized spacial score (nSPS) is 30.6. The van der Waals surface area contributed by atoms with E-state index in [1.54, 1.807) is 0 Å². The van der Waals surface area contributed by atoms with E-state index in [1.165, 1.54) is 12.8 Å². The number of amides is 1. The van der Waals surface area contributed by atoms with E-state index in [-0.39, 0.29) is 11.8 Å². The third kappa shape index (κ3) is 1.78. The maximum Gasteiger partial charge on any atom is 0.224 e. The summed E-state index contributed by atoms with van der Waals surface area (Å²) in [6.07, 6.45) is 3.41. The lowest BCUT2D eigenvalue weighted by Crippen LogP contribution is -2.33. The number of rotatable bonds is 2. The third-order valence-corrected chi connectivity index (χ3v) is 2.69. The van der Waals surface area contributed by atoms with Gasteiger partial charge < -0.3 is 10.2 Å². The number of hydrogen-bond acceptors (Lipinski definition) is 2. The Balaban J connectivity index is 1.79. The van der Waals surface area contributed by atoms with E-state index >= 15 is 0 Å². The third-order valence-electron chi connectivity index (χ3n) is 2.69. The molecule has 1 aliphatic heterocycles. The molecule has 2 aliphatic rings. The second-order valence-electron chi connectivity index (χ2n) is 4.03. The summed E-state index contributed by atoms with van der Waals surface area (Å²) in [6.45, 7) is 2.02. The molecule has 1 N–H and O–H groups in total. The van der Waals surface area contributed by atoms with Crippen LogP contribution in [0.5, 0.6) is 0 Å². The molecule has 0 unspecified atom stereocenters. The van der Waals surface area contributed by atoms with E-state index in [2.05, 4.69) is 17.3 Å². The maximum absolute atomic E-state index is 11.5. The standard InChI is InChI=1S/C9H16N2O/c1-11-5-4-7(6-11)9(12)10-8-2-3-8/h7-8H,2-6H2,1H3,(H,10,12)/t7-/m0/s1. The number of likely N-dealkylation sites (tertiary alicyclic amines) is 1. The molecule has 0 radical (unpaired) electrons. The lowest BCUT2D eigenvalue weighted by atomic mass is 10.1. The van der Waals surface area contributed by atoms with Gasteiger partial charge in [-0.15, -0.1) is 0 Å². The molecule has 1 aliphatic carbocycles. The van der Waals surface area contributed by atoms with Gasteiger partial charge in [0.25, 0.3) is 0 Å². The summed E-state index contributed by atoms with van der Waals surface area (Å²) in [5, 5.41) is 3.05.